The average molecular weight is 397 g/mol. The number of likely N-dealkylation sites (tertiary alicyclic amines) is 1. The van der Waals surface area contributed by atoms with E-state index < -0.39 is 0 Å². The molecule has 144 valence electrons. The fourth-order valence-electron chi connectivity index (χ4n) is 3.75. The zero-order valence-corrected chi connectivity index (χ0v) is 16.3. The number of nitrogens with zero attached hydrogens (tertiary/aromatic N) is 4. The molecular formula is C21H21ClN4O2. The molecule has 4 rings (SSSR count). The second-order valence-electron chi connectivity index (χ2n) is 7.01. The fourth-order valence-corrected chi connectivity index (χ4v) is 3.96. The molecule has 1 aliphatic rings. The lowest BCUT2D eigenvalue weighted by Crippen LogP contribution is -2.40. The molecule has 0 unspecified atom stereocenters. The number of benzene rings is 2. The van der Waals surface area contributed by atoms with Crippen LogP contribution in [-0.2, 0) is 7.05 Å². The summed E-state index contributed by atoms with van der Waals surface area (Å²) in [6, 6.07) is 16.6. The number of aromatic nitrogens is 3. The number of piperidine rings is 1. The largest absolute Gasteiger partial charge is 0.350 e. The first kappa shape index (κ1) is 18.5. The molecule has 28 heavy (non-hydrogen) atoms. The van der Waals surface area contributed by atoms with E-state index in [1.54, 1.807) is 23.7 Å². The van der Waals surface area contributed by atoms with Crippen LogP contribution in [0.5, 0.6) is 0 Å². The molecule has 0 saturated carbocycles. The quantitative estimate of drug-likeness (QED) is 0.682. The van der Waals surface area contributed by atoms with E-state index in [2.05, 4.69) is 5.10 Å². The molecule has 0 N–H and O–H groups in total. The topological polar surface area (TPSA) is 60.1 Å². The Bertz CT molecular complexity index is 1060. The molecule has 7 heteroatoms. The van der Waals surface area contributed by atoms with Crippen molar-refractivity contribution in [3.63, 3.8) is 0 Å². The lowest BCUT2D eigenvalue weighted by molar-refractivity contribution is 0.0704. The van der Waals surface area contributed by atoms with Crippen molar-refractivity contribution in [1.29, 1.82) is 0 Å². The molecule has 6 nitrogen and oxygen atoms in total. The summed E-state index contributed by atoms with van der Waals surface area (Å²) in [6.45, 7) is 1.18. The van der Waals surface area contributed by atoms with Crippen molar-refractivity contribution in [2.24, 2.45) is 7.05 Å². The Morgan fingerprint density at radius 2 is 1.82 bits per heavy atom. The van der Waals surface area contributed by atoms with E-state index in [0.717, 1.165) is 18.5 Å². The van der Waals surface area contributed by atoms with Crippen LogP contribution in [-0.4, -0.2) is 38.2 Å². The fraction of sp³-hybridized carbons (Fsp3) is 0.286. The first-order valence-corrected chi connectivity index (χ1v) is 9.69. The maximum Gasteiger partial charge on any atom is 0.350 e. The van der Waals surface area contributed by atoms with Gasteiger partial charge in [0.1, 0.15) is 5.82 Å². The Hall–Kier alpha value is -2.86. The molecule has 0 aliphatic carbocycles. The van der Waals surface area contributed by atoms with Gasteiger partial charge in [0, 0.05) is 26.1 Å². The Kier molecular flexibility index (Phi) is 5.05. The molecule has 1 fully saturated rings. The molecule has 0 bridgehead atoms. The van der Waals surface area contributed by atoms with Gasteiger partial charge in [0.15, 0.2) is 0 Å². The summed E-state index contributed by atoms with van der Waals surface area (Å²) in [6.07, 6.45) is 1.72. The maximum atomic E-state index is 13.0. The predicted molar refractivity (Wildman–Crippen MR) is 108 cm³/mol. The standard InChI is InChI=1S/C21H21ClN4O2/c1-24-21(28)26(16-9-3-2-4-10-16)19(23-24)15-8-7-13-25(14-15)20(27)17-11-5-6-12-18(17)22/h2-6,9-12,15H,7-8,13-14H2,1H3/t15-/m0/s1. The summed E-state index contributed by atoms with van der Waals surface area (Å²) in [4.78, 5) is 27.5. The third kappa shape index (κ3) is 3.36. The zero-order valence-electron chi connectivity index (χ0n) is 15.6. The molecule has 1 aromatic heterocycles. The van der Waals surface area contributed by atoms with Gasteiger partial charge in [-0.15, -0.1) is 0 Å². The highest BCUT2D eigenvalue weighted by Gasteiger charge is 2.30. The second-order valence-corrected chi connectivity index (χ2v) is 7.41. The third-order valence-electron chi connectivity index (χ3n) is 5.14. The van der Waals surface area contributed by atoms with E-state index in [0.29, 0.717) is 29.5 Å². The van der Waals surface area contributed by atoms with Crippen LogP contribution in [0.3, 0.4) is 0 Å². The second kappa shape index (κ2) is 7.64. The first-order chi connectivity index (χ1) is 13.6. The van der Waals surface area contributed by atoms with E-state index in [1.807, 2.05) is 47.4 Å². The van der Waals surface area contributed by atoms with Crippen molar-refractivity contribution in [2.75, 3.05) is 13.1 Å². The van der Waals surface area contributed by atoms with Crippen molar-refractivity contribution < 1.29 is 4.79 Å². The minimum atomic E-state index is -0.184. The number of para-hydroxylation sites is 1. The molecule has 0 radical (unpaired) electrons. The van der Waals surface area contributed by atoms with Gasteiger partial charge in [0.05, 0.1) is 16.3 Å². The van der Waals surface area contributed by atoms with E-state index in [1.165, 1.54) is 4.68 Å². The van der Waals surface area contributed by atoms with Gasteiger partial charge in [0.2, 0.25) is 0 Å². The number of hydrogen-bond acceptors (Lipinski definition) is 3. The van der Waals surface area contributed by atoms with Gasteiger partial charge in [-0.25, -0.2) is 14.0 Å². The minimum absolute atomic E-state index is 0.0192. The SMILES string of the molecule is Cn1nc([C@H]2CCCN(C(=O)c3ccccc3Cl)C2)n(-c2ccccc2)c1=O. The lowest BCUT2D eigenvalue weighted by Gasteiger charge is -2.32. The van der Waals surface area contributed by atoms with Gasteiger partial charge in [-0.1, -0.05) is 41.9 Å². The highest BCUT2D eigenvalue weighted by Crippen LogP contribution is 2.28. The van der Waals surface area contributed by atoms with Crippen LogP contribution in [0.2, 0.25) is 5.02 Å². The molecular weight excluding hydrogens is 376 g/mol. The van der Waals surface area contributed by atoms with Gasteiger partial charge in [-0.05, 0) is 37.1 Å². The highest BCUT2D eigenvalue weighted by atomic mass is 35.5. The smallest absolute Gasteiger partial charge is 0.338 e. The predicted octanol–water partition coefficient (Wildman–Crippen LogP) is 3.24. The summed E-state index contributed by atoms with van der Waals surface area (Å²) in [5.74, 6) is 0.587. The van der Waals surface area contributed by atoms with Crippen molar-refractivity contribution in [3.05, 3.63) is 81.5 Å². The van der Waals surface area contributed by atoms with Crippen LogP contribution in [0.25, 0.3) is 5.69 Å². The highest BCUT2D eigenvalue weighted by molar-refractivity contribution is 6.33. The number of aryl methyl sites for hydroxylation is 1. The van der Waals surface area contributed by atoms with E-state index in [-0.39, 0.29) is 17.5 Å². The molecule has 2 aromatic carbocycles. The maximum absolute atomic E-state index is 13.0. The first-order valence-electron chi connectivity index (χ1n) is 9.31. The lowest BCUT2D eigenvalue weighted by atomic mass is 9.96. The molecule has 1 atom stereocenters. The number of carbonyl (C=O) groups is 1. The van der Waals surface area contributed by atoms with Crippen molar-refractivity contribution >= 4 is 17.5 Å². The van der Waals surface area contributed by atoms with Crippen molar-refractivity contribution in [2.45, 2.75) is 18.8 Å². The summed E-state index contributed by atoms with van der Waals surface area (Å²) >= 11 is 6.21. The van der Waals surface area contributed by atoms with Gasteiger partial charge < -0.3 is 4.90 Å². The van der Waals surface area contributed by atoms with Gasteiger partial charge in [-0.2, -0.15) is 5.10 Å². The molecule has 1 aliphatic heterocycles. The number of rotatable bonds is 3. The molecule has 3 aromatic rings. The monoisotopic (exact) mass is 396 g/mol. The van der Waals surface area contributed by atoms with Gasteiger partial charge >= 0.3 is 5.69 Å². The Balaban J connectivity index is 1.66. The number of carbonyl (C=O) groups excluding carboxylic acids is 1. The minimum Gasteiger partial charge on any atom is -0.338 e. The zero-order chi connectivity index (χ0) is 19.7. The Labute approximate surface area is 168 Å². The molecule has 2 heterocycles. The van der Waals surface area contributed by atoms with E-state index in [4.69, 9.17) is 11.6 Å². The van der Waals surface area contributed by atoms with Crippen LogP contribution in [0.4, 0.5) is 0 Å². The van der Waals surface area contributed by atoms with Crippen LogP contribution < -0.4 is 5.69 Å². The summed E-state index contributed by atoms with van der Waals surface area (Å²) in [5, 5.41) is 4.95. The van der Waals surface area contributed by atoms with Crippen molar-refractivity contribution in [1.82, 2.24) is 19.2 Å². The number of hydrogen-bond donors (Lipinski definition) is 0. The van der Waals surface area contributed by atoms with Gasteiger partial charge in [0.25, 0.3) is 5.91 Å². The summed E-state index contributed by atoms with van der Waals surface area (Å²) in [7, 11) is 1.65. The van der Waals surface area contributed by atoms with E-state index >= 15 is 0 Å². The summed E-state index contributed by atoms with van der Waals surface area (Å²) in [5.41, 5.74) is 1.10. The normalized spacial score (nSPS) is 16.9. The van der Waals surface area contributed by atoms with E-state index in [9.17, 15) is 9.59 Å². The summed E-state index contributed by atoms with van der Waals surface area (Å²) < 4.78 is 3.01. The molecule has 1 amide bonds. The van der Waals surface area contributed by atoms with Crippen LogP contribution in [0.1, 0.15) is 34.9 Å². The van der Waals surface area contributed by atoms with Crippen LogP contribution in [0, 0.1) is 0 Å². The third-order valence-corrected chi connectivity index (χ3v) is 5.47. The Morgan fingerprint density at radius 1 is 1.11 bits per heavy atom. The average Bonchev–Trinajstić information content (AvgIpc) is 3.03. The Morgan fingerprint density at radius 3 is 2.57 bits per heavy atom. The molecule has 1 saturated heterocycles. The molecule has 0 spiro atoms. The van der Waals surface area contributed by atoms with Gasteiger partial charge in [-0.3, -0.25) is 4.79 Å². The van der Waals surface area contributed by atoms with Crippen LogP contribution in [0.15, 0.2) is 59.4 Å². The van der Waals surface area contributed by atoms with Crippen molar-refractivity contribution in [3.8, 4) is 5.69 Å². The number of amides is 1. The number of halogens is 1. The van der Waals surface area contributed by atoms with Crippen LogP contribution >= 0.6 is 11.6 Å².